The predicted molar refractivity (Wildman–Crippen MR) is 92.1 cm³/mol. The van der Waals surface area contributed by atoms with Crippen molar-refractivity contribution in [2.45, 2.75) is 30.1 Å². The maximum Gasteiger partial charge on any atom is 0.251 e. The topological polar surface area (TPSA) is 41.1 Å². The number of fused-ring (bicyclic) bond motifs is 2. The molecule has 0 saturated heterocycles. The third kappa shape index (κ3) is 3.28. The molecule has 1 heterocycles. The molecule has 1 aliphatic rings. The molecule has 4 heteroatoms. The number of anilines is 2. The van der Waals surface area contributed by atoms with E-state index in [2.05, 4.69) is 36.6 Å². The van der Waals surface area contributed by atoms with Gasteiger partial charge in [0.25, 0.3) is 5.91 Å². The van der Waals surface area contributed by atoms with Crippen LogP contribution in [0, 0.1) is 5.92 Å². The maximum atomic E-state index is 12.2. The fourth-order valence-electron chi connectivity index (χ4n) is 2.36. The molecule has 1 aliphatic heterocycles. The summed E-state index contributed by atoms with van der Waals surface area (Å²) in [5.74, 6) is 0.590. The first kappa shape index (κ1) is 15.0. The maximum absolute atomic E-state index is 12.2. The van der Waals surface area contributed by atoms with E-state index in [0.29, 0.717) is 11.5 Å². The van der Waals surface area contributed by atoms with Crippen molar-refractivity contribution in [2.75, 3.05) is 11.9 Å². The molecule has 3 rings (SSSR count). The lowest BCUT2D eigenvalue weighted by Gasteiger charge is -2.21. The lowest BCUT2D eigenvalue weighted by Crippen LogP contribution is -2.25. The van der Waals surface area contributed by atoms with Crippen LogP contribution in [0.3, 0.4) is 0 Å². The molecule has 22 heavy (non-hydrogen) atoms. The number of rotatable bonds is 4. The van der Waals surface area contributed by atoms with Crippen molar-refractivity contribution in [3.63, 3.8) is 0 Å². The number of carbonyl (C=O) groups is 1. The third-order valence-corrected chi connectivity index (χ3v) is 4.78. The summed E-state index contributed by atoms with van der Waals surface area (Å²) in [6.45, 7) is 5.03. The first-order valence-electron chi connectivity index (χ1n) is 7.59. The van der Waals surface area contributed by atoms with Gasteiger partial charge in [0.2, 0.25) is 0 Å². The molecule has 0 spiro atoms. The average molecular weight is 312 g/mol. The Morgan fingerprint density at radius 2 is 1.91 bits per heavy atom. The van der Waals surface area contributed by atoms with Gasteiger partial charge in [0.05, 0.1) is 11.4 Å². The molecule has 0 atom stereocenters. The summed E-state index contributed by atoms with van der Waals surface area (Å²) in [4.78, 5) is 14.6. The third-order valence-electron chi connectivity index (χ3n) is 3.63. The van der Waals surface area contributed by atoms with E-state index in [1.54, 1.807) is 11.8 Å². The van der Waals surface area contributed by atoms with Gasteiger partial charge in [-0.25, -0.2) is 0 Å². The van der Waals surface area contributed by atoms with Gasteiger partial charge in [0.15, 0.2) is 0 Å². The monoisotopic (exact) mass is 312 g/mol. The zero-order chi connectivity index (χ0) is 15.5. The van der Waals surface area contributed by atoms with Gasteiger partial charge in [-0.3, -0.25) is 4.79 Å². The van der Waals surface area contributed by atoms with Crippen LogP contribution in [-0.4, -0.2) is 12.5 Å². The van der Waals surface area contributed by atoms with Crippen LogP contribution >= 0.6 is 11.8 Å². The highest BCUT2D eigenvalue weighted by Gasteiger charge is 2.17. The summed E-state index contributed by atoms with van der Waals surface area (Å²) in [7, 11) is 0. The van der Waals surface area contributed by atoms with E-state index in [1.165, 1.54) is 4.90 Å². The standard InChI is InChI=1S/C18H20N2OS/c1-12(2)9-10-19-18(21)13-7-8-17-15(11-13)20-14-5-3-4-6-16(14)22-17/h3-8,11-12,20H,9-10H2,1-2H3,(H,19,21). The van der Waals surface area contributed by atoms with E-state index < -0.39 is 0 Å². The molecule has 0 radical (unpaired) electrons. The Bertz CT molecular complexity index is 697. The first-order valence-corrected chi connectivity index (χ1v) is 8.41. The second kappa shape index (κ2) is 6.44. The SMILES string of the molecule is CC(C)CCNC(=O)c1ccc2c(c1)Nc1ccccc1S2. The van der Waals surface area contributed by atoms with Crippen molar-refractivity contribution >= 4 is 29.0 Å². The molecular weight excluding hydrogens is 292 g/mol. The van der Waals surface area contributed by atoms with Crippen LogP contribution in [0.15, 0.2) is 52.3 Å². The average Bonchev–Trinajstić information content (AvgIpc) is 2.51. The highest BCUT2D eigenvalue weighted by atomic mass is 32.2. The number of benzene rings is 2. The molecular formula is C18H20N2OS. The van der Waals surface area contributed by atoms with Gasteiger partial charge in [0, 0.05) is 21.9 Å². The molecule has 0 unspecified atom stereocenters. The van der Waals surface area contributed by atoms with Crippen molar-refractivity contribution in [1.82, 2.24) is 5.32 Å². The molecule has 0 fully saturated rings. The summed E-state index contributed by atoms with van der Waals surface area (Å²) >= 11 is 1.73. The van der Waals surface area contributed by atoms with E-state index in [0.717, 1.165) is 29.2 Å². The zero-order valence-electron chi connectivity index (χ0n) is 12.8. The summed E-state index contributed by atoms with van der Waals surface area (Å²) in [6, 6.07) is 14.0. The highest BCUT2D eigenvalue weighted by Crippen LogP contribution is 2.44. The number of carbonyl (C=O) groups excluding carboxylic acids is 1. The summed E-state index contributed by atoms with van der Waals surface area (Å²) in [6.07, 6.45) is 0.998. The minimum atomic E-state index is -0.00545. The van der Waals surface area contributed by atoms with E-state index >= 15 is 0 Å². The van der Waals surface area contributed by atoms with Gasteiger partial charge < -0.3 is 10.6 Å². The quantitative estimate of drug-likeness (QED) is 0.735. The first-order chi connectivity index (χ1) is 10.6. The largest absolute Gasteiger partial charge is 0.354 e. The Kier molecular flexibility index (Phi) is 4.39. The minimum Gasteiger partial charge on any atom is -0.354 e. The number of amides is 1. The molecule has 2 aromatic rings. The molecule has 1 amide bonds. The normalized spacial score (nSPS) is 12.3. The van der Waals surface area contributed by atoms with Crippen LogP contribution in [-0.2, 0) is 0 Å². The van der Waals surface area contributed by atoms with Crippen LogP contribution in [0.5, 0.6) is 0 Å². The van der Waals surface area contributed by atoms with Crippen LogP contribution in [0.1, 0.15) is 30.6 Å². The molecule has 2 N–H and O–H groups in total. The number of hydrogen-bond donors (Lipinski definition) is 2. The van der Waals surface area contributed by atoms with Gasteiger partial charge in [-0.05, 0) is 42.7 Å². The van der Waals surface area contributed by atoms with Crippen molar-refractivity contribution < 1.29 is 4.79 Å². The summed E-state index contributed by atoms with van der Waals surface area (Å²) in [5, 5.41) is 6.39. The second-order valence-electron chi connectivity index (χ2n) is 5.87. The van der Waals surface area contributed by atoms with Gasteiger partial charge >= 0.3 is 0 Å². The number of nitrogens with one attached hydrogen (secondary N) is 2. The van der Waals surface area contributed by atoms with E-state index in [-0.39, 0.29) is 5.91 Å². The molecule has 0 saturated carbocycles. The van der Waals surface area contributed by atoms with E-state index in [9.17, 15) is 4.79 Å². The Hall–Kier alpha value is -1.94. The Morgan fingerprint density at radius 3 is 2.73 bits per heavy atom. The van der Waals surface area contributed by atoms with Gasteiger partial charge in [0.1, 0.15) is 0 Å². The Balaban J connectivity index is 1.74. The Morgan fingerprint density at radius 1 is 1.14 bits per heavy atom. The molecule has 0 bridgehead atoms. The fourth-order valence-corrected chi connectivity index (χ4v) is 3.33. The molecule has 3 nitrogen and oxygen atoms in total. The fraction of sp³-hybridized carbons (Fsp3) is 0.278. The molecule has 114 valence electrons. The van der Waals surface area contributed by atoms with Crippen LogP contribution in [0.2, 0.25) is 0 Å². The number of para-hydroxylation sites is 1. The van der Waals surface area contributed by atoms with Crippen molar-refractivity contribution in [2.24, 2.45) is 5.92 Å². The van der Waals surface area contributed by atoms with Crippen molar-refractivity contribution in [1.29, 1.82) is 0 Å². The van der Waals surface area contributed by atoms with E-state index in [1.807, 2.05) is 30.3 Å². The molecule has 0 aromatic heterocycles. The lowest BCUT2D eigenvalue weighted by atomic mass is 10.1. The van der Waals surface area contributed by atoms with Gasteiger partial charge in [-0.15, -0.1) is 0 Å². The van der Waals surface area contributed by atoms with Crippen molar-refractivity contribution in [3.8, 4) is 0 Å². The number of hydrogen-bond acceptors (Lipinski definition) is 3. The summed E-state index contributed by atoms with van der Waals surface area (Å²) < 4.78 is 0. The molecule has 0 aliphatic carbocycles. The highest BCUT2D eigenvalue weighted by molar-refractivity contribution is 7.99. The van der Waals surface area contributed by atoms with Crippen LogP contribution < -0.4 is 10.6 Å². The van der Waals surface area contributed by atoms with Crippen molar-refractivity contribution in [3.05, 3.63) is 48.0 Å². The van der Waals surface area contributed by atoms with Gasteiger partial charge in [-0.1, -0.05) is 37.7 Å². The predicted octanol–water partition coefficient (Wildman–Crippen LogP) is 4.67. The summed E-state index contributed by atoms with van der Waals surface area (Å²) in [5.41, 5.74) is 2.80. The van der Waals surface area contributed by atoms with E-state index in [4.69, 9.17) is 0 Å². The second-order valence-corrected chi connectivity index (χ2v) is 6.96. The minimum absolute atomic E-state index is 0.00545. The molecule has 2 aromatic carbocycles. The van der Waals surface area contributed by atoms with Crippen LogP contribution in [0.25, 0.3) is 0 Å². The Labute approximate surface area is 135 Å². The zero-order valence-corrected chi connectivity index (χ0v) is 13.7. The van der Waals surface area contributed by atoms with Crippen LogP contribution in [0.4, 0.5) is 11.4 Å². The smallest absolute Gasteiger partial charge is 0.251 e. The van der Waals surface area contributed by atoms with Gasteiger partial charge in [-0.2, -0.15) is 0 Å². The lowest BCUT2D eigenvalue weighted by molar-refractivity contribution is 0.0952.